The van der Waals surface area contributed by atoms with Crippen molar-refractivity contribution < 1.29 is 14.6 Å². The summed E-state index contributed by atoms with van der Waals surface area (Å²) in [6.45, 7) is 4.42. The first-order valence-electron chi connectivity index (χ1n) is 3.40. The van der Waals surface area contributed by atoms with Crippen molar-refractivity contribution in [1.29, 1.82) is 0 Å². The average Bonchev–Trinajstić information content (AvgIpc) is 1.93. The molecule has 0 bridgehead atoms. The minimum Gasteiger partial charge on any atom is -0.456 e. The summed E-state index contributed by atoms with van der Waals surface area (Å²) in [5.41, 5.74) is 0. The largest absolute Gasteiger partial charge is 0.469 e. The molecule has 0 atom stereocenters. The first-order valence-corrected chi connectivity index (χ1v) is 3.40. The molecule has 0 spiro atoms. The van der Waals surface area contributed by atoms with Crippen LogP contribution in [0.2, 0.25) is 0 Å². The standard InChI is InChI=1S/C5H12.B2H2O3/c1-3-5-4-2;3-1-5-2-4/h3-5H2,1-2H3;3-4H. The van der Waals surface area contributed by atoms with Gasteiger partial charge in [0, 0.05) is 0 Å². The van der Waals surface area contributed by atoms with Crippen molar-refractivity contribution in [1.82, 2.24) is 0 Å². The van der Waals surface area contributed by atoms with Crippen molar-refractivity contribution in [3.8, 4) is 0 Å². The van der Waals surface area contributed by atoms with Gasteiger partial charge in [0.1, 0.15) is 0 Å². The maximum Gasteiger partial charge on any atom is 0.469 e. The molecule has 3 nitrogen and oxygen atoms in total. The van der Waals surface area contributed by atoms with Crippen LogP contribution in [0.25, 0.3) is 0 Å². The highest BCUT2D eigenvalue weighted by Gasteiger charge is 1.80. The second kappa shape index (κ2) is 16.0. The summed E-state index contributed by atoms with van der Waals surface area (Å²) in [6, 6.07) is 0. The Balaban J connectivity index is 0. The van der Waals surface area contributed by atoms with E-state index in [1.807, 2.05) is 0 Å². The maximum absolute atomic E-state index is 7.53. The lowest BCUT2D eigenvalue weighted by Crippen LogP contribution is -2.00. The molecule has 2 radical (unpaired) electrons. The van der Waals surface area contributed by atoms with Crippen LogP contribution in [-0.2, 0) is 4.57 Å². The molecule has 0 fully saturated rings. The molecule has 0 unspecified atom stereocenters. The molecule has 0 aliphatic heterocycles. The summed E-state index contributed by atoms with van der Waals surface area (Å²) < 4.78 is 3.69. The lowest BCUT2D eigenvalue weighted by Gasteiger charge is -1.79. The summed E-state index contributed by atoms with van der Waals surface area (Å²) in [7, 11) is 0.750. The van der Waals surface area contributed by atoms with Crippen molar-refractivity contribution in [2.75, 3.05) is 0 Å². The lowest BCUT2D eigenvalue weighted by molar-refractivity contribution is 0.408. The Hall–Kier alpha value is 0.00987. The summed E-state index contributed by atoms with van der Waals surface area (Å²) in [6.07, 6.45) is 4.08. The third-order valence-electron chi connectivity index (χ3n) is 0.829. The second-order valence-electron chi connectivity index (χ2n) is 1.70. The normalized spacial score (nSPS) is 7.60. The predicted octanol–water partition coefficient (Wildman–Crippen LogP) is 0.253. The van der Waals surface area contributed by atoms with Crippen molar-refractivity contribution in [2.24, 2.45) is 0 Å². The van der Waals surface area contributed by atoms with Gasteiger partial charge in [-0.15, -0.1) is 0 Å². The van der Waals surface area contributed by atoms with Crippen LogP contribution >= 0.6 is 0 Å². The van der Waals surface area contributed by atoms with Crippen molar-refractivity contribution >= 4 is 15.4 Å². The van der Waals surface area contributed by atoms with E-state index >= 15 is 0 Å². The van der Waals surface area contributed by atoms with Crippen LogP contribution in [0.5, 0.6) is 0 Å². The van der Waals surface area contributed by atoms with E-state index in [0.717, 1.165) is 0 Å². The summed E-state index contributed by atoms with van der Waals surface area (Å²) in [4.78, 5) is 0. The molecule has 0 heterocycles. The SMILES string of the molecule is CCCCC.O[B]O[B]O. The average molecular weight is 144 g/mol. The first-order chi connectivity index (χ1) is 4.83. The fourth-order valence-corrected chi connectivity index (χ4v) is 0.381. The number of rotatable bonds is 4. The molecule has 0 aliphatic carbocycles. The molecule has 0 aromatic carbocycles. The molecule has 0 amide bonds. The smallest absolute Gasteiger partial charge is 0.456 e. The number of hydrogen-bond acceptors (Lipinski definition) is 3. The van der Waals surface area contributed by atoms with Gasteiger partial charge in [0.15, 0.2) is 0 Å². The minimum atomic E-state index is 0.375. The van der Waals surface area contributed by atoms with Crippen LogP contribution in [0.4, 0.5) is 0 Å². The van der Waals surface area contributed by atoms with E-state index < -0.39 is 0 Å². The molecule has 0 aromatic rings. The van der Waals surface area contributed by atoms with Gasteiger partial charge >= 0.3 is 15.4 Å². The van der Waals surface area contributed by atoms with Crippen LogP contribution < -0.4 is 0 Å². The van der Waals surface area contributed by atoms with E-state index in [9.17, 15) is 0 Å². The van der Waals surface area contributed by atoms with Gasteiger partial charge in [-0.1, -0.05) is 33.1 Å². The van der Waals surface area contributed by atoms with Crippen molar-refractivity contribution in [3.05, 3.63) is 0 Å². The highest BCUT2D eigenvalue weighted by molar-refractivity contribution is 6.32. The topological polar surface area (TPSA) is 49.7 Å². The lowest BCUT2D eigenvalue weighted by atomic mass is 10.3. The van der Waals surface area contributed by atoms with E-state index in [-0.39, 0.29) is 0 Å². The van der Waals surface area contributed by atoms with E-state index in [0.29, 0.717) is 15.4 Å². The van der Waals surface area contributed by atoms with Gasteiger partial charge < -0.3 is 14.6 Å². The van der Waals surface area contributed by atoms with Gasteiger partial charge in [0.25, 0.3) is 0 Å². The highest BCUT2D eigenvalue weighted by Crippen LogP contribution is 1.88. The summed E-state index contributed by atoms with van der Waals surface area (Å²) >= 11 is 0. The summed E-state index contributed by atoms with van der Waals surface area (Å²) in [5.74, 6) is 0. The Bertz CT molecular complexity index is 35.9. The monoisotopic (exact) mass is 144 g/mol. The van der Waals surface area contributed by atoms with E-state index in [1.54, 1.807) is 0 Å². The third kappa shape index (κ3) is 24.5. The molecular formula is C5H14B2O3. The Morgan fingerprint density at radius 3 is 1.50 bits per heavy atom. The molecule has 58 valence electrons. The Kier molecular flexibility index (Phi) is 20.3. The maximum atomic E-state index is 7.53. The molecule has 0 aromatic heterocycles. The van der Waals surface area contributed by atoms with Crippen molar-refractivity contribution in [2.45, 2.75) is 33.1 Å². The third-order valence-corrected chi connectivity index (χ3v) is 0.829. The Labute approximate surface area is 64.0 Å². The van der Waals surface area contributed by atoms with Gasteiger partial charge in [-0.25, -0.2) is 0 Å². The van der Waals surface area contributed by atoms with Crippen LogP contribution in [0.1, 0.15) is 33.1 Å². The first kappa shape index (κ1) is 12.7. The molecule has 0 saturated carbocycles. The van der Waals surface area contributed by atoms with Gasteiger partial charge in [0.2, 0.25) is 0 Å². The molecule has 0 saturated heterocycles. The van der Waals surface area contributed by atoms with Crippen molar-refractivity contribution in [3.63, 3.8) is 0 Å². The van der Waals surface area contributed by atoms with Crippen LogP contribution in [0.3, 0.4) is 0 Å². The second-order valence-corrected chi connectivity index (χ2v) is 1.70. The van der Waals surface area contributed by atoms with Crippen LogP contribution in [0, 0.1) is 0 Å². The zero-order valence-corrected chi connectivity index (χ0v) is 6.58. The number of hydrogen-bond donors (Lipinski definition) is 2. The van der Waals surface area contributed by atoms with Crippen LogP contribution in [-0.4, -0.2) is 25.4 Å². The van der Waals surface area contributed by atoms with Gasteiger partial charge in [-0.3, -0.25) is 0 Å². The zero-order valence-electron chi connectivity index (χ0n) is 6.58. The molecular weight excluding hydrogens is 130 g/mol. The summed E-state index contributed by atoms with van der Waals surface area (Å²) in [5, 5.41) is 15.1. The van der Waals surface area contributed by atoms with Gasteiger partial charge in [-0.05, 0) is 0 Å². The Morgan fingerprint density at radius 1 is 1.10 bits per heavy atom. The fraction of sp³-hybridized carbons (Fsp3) is 1.00. The molecule has 2 N–H and O–H groups in total. The molecule has 10 heavy (non-hydrogen) atoms. The van der Waals surface area contributed by atoms with E-state index in [4.69, 9.17) is 10.0 Å². The van der Waals surface area contributed by atoms with Gasteiger partial charge in [-0.2, -0.15) is 0 Å². The highest BCUT2D eigenvalue weighted by atomic mass is 16.5. The molecule has 5 heteroatoms. The molecule has 0 aliphatic rings. The van der Waals surface area contributed by atoms with E-state index in [1.165, 1.54) is 19.3 Å². The Morgan fingerprint density at radius 2 is 1.50 bits per heavy atom. The predicted molar refractivity (Wildman–Crippen MR) is 42.2 cm³/mol. The molecule has 0 rings (SSSR count). The zero-order chi connectivity index (χ0) is 8.24. The van der Waals surface area contributed by atoms with Crippen LogP contribution in [0.15, 0.2) is 0 Å². The van der Waals surface area contributed by atoms with E-state index in [2.05, 4.69) is 18.4 Å². The fourth-order valence-electron chi connectivity index (χ4n) is 0.381. The minimum absolute atomic E-state index is 0.375. The quantitative estimate of drug-likeness (QED) is 0.555. The van der Waals surface area contributed by atoms with Gasteiger partial charge in [0.05, 0.1) is 0 Å². The number of unbranched alkanes of at least 4 members (excludes halogenated alkanes) is 2.